The molecule has 0 aliphatic rings. The van der Waals surface area contributed by atoms with Gasteiger partial charge in [-0.1, -0.05) is 120 Å². The normalized spacial score (nSPS) is 19.5. The molecular formula is C45H30N4. The predicted octanol–water partition coefficient (Wildman–Crippen LogP) is 11.5. The second-order valence-electron chi connectivity index (χ2n) is 10.6. The largest absolute Gasteiger partial charge is 0.309 e. The molecule has 230 valence electrons. The van der Waals surface area contributed by atoms with Gasteiger partial charge in [0.1, 0.15) is 0 Å². The van der Waals surface area contributed by atoms with Crippen LogP contribution in [0.3, 0.4) is 0 Å². The Bertz CT molecular complexity index is 4360. The Labute approximate surface area is 321 Å². The molecule has 0 amide bonds. The smallest absolute Gasteiger partial charge is 0.235 e. The van der Waals surface area contributed by atoms with Crippen LogP contribution in [0.1, 0.15) is 42.6 Å². The van der Waals surface area contributed by atoms with Gasteiger partial charge in [-0.25, -0.2) is 9.97 Å². The highest BCUT2D eigenvalue weighted by atomic mass is 15.2. The Morgan fingerprint density at radius 2 is 1.02 bits per heavy atom. The number of rotatable bonds is 4. The van der Waals surface area contributed by atoms with E-state index in [-0.39, 0.29) is 5.56 Å². The van der Waals surface area contributed by atoms with E-state index in [1.165, 1.54) is 6.92 Å². The summed E-state index contributed by atoms with van der Waals surface area (Å²) in [6.07, 6.45) is 0. The fourth-order valence-electron chi connectivity index (χ4n) is 5.82. The lowest BCUT2D eigenvalue weighted by molar-refractivity contribution is 1.01. The summed E-state index contributed by atoms with van der Waals surface area (Å²) < 4.78 is 243. The van der Waals surface area contributed by atoms with Gasteiger partial charge in [-0.05, 0) is 66.4 Å². The Morgan fingerprint density at radius 1 is 0.449 bits per heavy atom. The van der Waals surface area contributed by atoms with Crippen molar-refractivity contribution in [2.45, 2.75) is 6.92 Å². The maximum atomic E-state index is 9.81. The molecule has 0 aliphatic carbocycles. The number of aromatic nitrogens is 4. The molecule has 0 fully saturated rings. The van der Waals surface area contributed by atoms with Crippen LogP contribution in [0.2, 0.25) is 0 Å². The van der Waals surface area contributed by atoms with Gasteiger partial charge >= 0.3 is 0 Å². The number of fused-ring (bicyclic) bond motifs is 8. The number of benzene rings is 7. The molecule has 0 aliphatic heterocycles. The average Bonchev–Trinajstić information content (AvgIpc) is 4.09. The van der Waals surface area contributed by atoms with Crippen LogP contribution in [0.4, 0.5) is 0 Å². The van der Waals surface area contributed by atoms with Crippen molar-refractivity contribution >= 4 is 54.5 Å². The fraction of sp³-hybridized carbons (Fsp3) is 0.0222. The highest BCUT2D eigenvalue weighted by Gasteiger charge is 2.22. The SMILES string of the molecule is [2H]c1c([2H])c([2H])c(-c2c([2H])c([2H])c3nc(-n4c5c([2H])c([2H])c([2H])c([2H])c5c5c6c7c([2H])c([2H])c([2H])c([2H])c7n(-c7c([2H])c([2H])c(C)c([2H])c7[2H])c6c([2H])c([2H])c54)nc(-c4c([2H])c([2H])c([2H])c([2H])c4[2H])c3c2[2H])c([2H])c1[2H]. The Hall–Kier alpha value is -6.52. The van der Waals surface area contributed by atoms with Gasteiger partial charge < -0.3 is 4.57 Å². The second-order valence-corrected chi connectivity index (χ2v) is 10.6. The van der Waals surface area contributed by atoms with Crippen molar-refractivity contribution in [1.82, 2.24) is 19.1 Å². The summed E-state index contributed by atoms with van der Waals surface area (Å²) in [6.45, 7) is 1.31. The van der Waals surface area contributed by atoms with Crippen LogP contribution in [-0.2, 0) is 0 Å². The maximum Gasteiger partial charge on any atom is 0.235 e. The Morgan fingerprint density at radius 3 is 1.69 bits per heavy atom. The summed E-state index contributed by atoms with van der Waals surface area (Å²) in [7, 11) is 0. The van der Waals surface area contributed by atoms with E-state index in [1.54, 1.807) is 0 Å². The molecule has 0 saturated heterocycles. The lowest BCUT2D eigenvalue weighted by atomic mass is 10.0. The minimum absolute atomic E-state index is 0.107. The zero-order chi connectivity index (χ0) is 56.0. The van der Waals surface area contributed by atoms with Crippen molar-refractivity contribution in [2.24, 2.45) is 0 Å². The van der Waals surface area contributed by atoms with Crippen molar-refractivity contribution in [3.63, 3.8) is 0 Å². The first-order valence-corrected chi connectivity index (χ1v) is 14.5. The minimum Gasteiger partial charge on any atom is -0.309 e. The highest BCUT2D eigenvalue weighted by molar-refractivity contribution is 6.28. The average molecular weight is 654 g/mol. The first kappa shape index (κ1) is 11.9. The van der Waals surface area contributed by atoms with E-state index in [4.69, 9.17) is 24.7 Å². The quantitative estimate of drug-likeness (QED) is 0.189. The van der Waals surface area contributed by atoms with E-state index in [2.05, 4.69) is 9.97 Å². The Balaban J connectivity index is 1.52. The van der Waals surface area contributed by atoms with E-state index in [0.29, 0.717) is 0 Å². The standard InChI is InChI=1S/C45H30N4/c1-29-20-23-33(24-21-29)48-38-18-10-8-16-34(38)42-40(48)26-27-41-43(42)35-17-9-11-19-39(35)49(41)45-46-37-25-22-32(30-12-4-2-5-13-30)28-36(37)44(47-45)31-14-6-3-7-15-31/h2-28H,1H3/i2D,3D,4D,5D,6D,7D,8D,9D,10D,11D,12D,13D,14D,15D,16D,17D,18D,19D,20D,21D,22D,23D,24D,25D,26D,27D,28D. The zero-order valence-corrected chi connectivity index (χ0v) is 24.8. The molecule has 0 bridgehead atoms. The molecule has 4 nitrogen and oxygen atoms in total. The van der Waals surface area contributed by atoms with Crippen LogP contribution in [-0.4, -0.2) is 19.1 Å². The lowest BCUT2D eigenvalue weighted by Gasteiger charge is -2.13. The molecule has 0 radical (unpaired) electrons. The summed E-state index contributed by atoms with van der Waals surface area (Å²) in [4.78, 5) is 9.14. The van der Waals surface area contributed by atoms with Gasteiger partial charge in [-0.3, -0.25) is 4.57 Å². The monoisotopic (exact) mass is 653 g/mol. The van der Waals surface area contributed by atoms with Gasteiger partial charge in [0.2, 0.25) is 5.95 Å². The molecule has 10 rings (SSSR count). The van der Waals surface area contributed by atoms with Crippen molar-refractivity contribution in [1.29, 1.82) is 0 Å². The lowest BCUT2D eigenvalue weighted by Crippen LogP contribution is -2.03. The molecule has 3 aromatic heterocycles. The van der Waals surface area contributed by atoms with E-state index < -0.39 is 252 Å². The molecule has 0 unspecified atom stereocenters. The van der Waals surface area contributed by atoms with Gasteiger partial charge in [0, 0.05) is 38.2 Å². The number of para-hydroxylation sites is 2. The fourth-order valence-corrected chi connectivity index (χ4v) is 5.82. The predicted molar refractivity (Wildman–Crippen MR) is 204 cm³/mol. The molecule has 49 heavy (non-hydrogen) atoms. The number of nitrogens with zero attached hydrogens (tertiary/aromatic N) is 4. The molecule has 0 atom stereocenters. The molecule has 10 aromatic rings. The topological polar surface area (TPSA) is 35.6 Å². The Kier molecular flexibility index (Phi) is 2.61. The summed E-state index contributed by atoms with van der Waals surface area (Å²) in [6, 6.07) is -23.3. The summed E-state index contributed by atoms with van der Waals surface area (Å²) >= 11 is 0. The van der Waals surface area contributed by atoms with E-state index in [9.17, 15) is 12.3 Å². The van der Waals surface area contributed by atoms with Gasteiger partial charge in [0.15, 0.2) is 0 Å². The van der Waals surface area contributed by atoms with Gasteiger partial charge in [-0.15, -0.1) is 0 Å². The molecule has 3 heterocycles. The third kappa shape index (κ3) is 4.24. The molecule has 0 spiro atoms. The molecule has 4 heteroatoms. The first-order valence-electron chi connectivity index (χ1n) is 28.0. The summed E-state index contributed by atoms with van der Waals surface area (Å²) in [5, 5.41) is -2.56. The zero-order valence-electron chi connectivity index (χ0n) is 51.8. The molecule has 0 saturated carbocycles. The van der Waals surface area contributed by atoms with Crippen LogP contribution in [0, 0.1) is 6.92 Å². The second kappa shape index (κ2) is 10.8. The van der Waals surface area contributed by atoms with Crippen LogP contribution in [0.25, 0.3) is 88.5 Å². The first-order chi connectivity index (χ1) is 35.5. The van der Waals surface area contributed by atoms with Gasteiger partial charge in [0.05, 0.1) is 70.3 Å². The third-order valence-electron chi connectivity index (χ3n) is 7.85. The van der Waals surface area contributed by atoms with E-state index in [1.807, 2.05) is 0 Å². The summed E-state index contributed by atoms with van der Waals surface area (Å²) in [5.41, 5.74) is -6.84. The van der Waals surface area contributed by atoms with Crippen molar-refractivity contribution in [2.75, 3.05) is 0 Å². The van der Waals surface area contributed by atoms with Crippen LogP contribution in [0.5, 0.6) is 0 Å². The van der Waals surface area contributed by atoms with Crippen molar-refractivity contribution in [3.8, 4) is 34.0 Å². The minimum atomic E-state index is -0.973. The number of hydrogen-bond donors (Lipinski definition) is 0. The maximum absolute atomic E-state index is 9.81. The molecular weight excluding hydrogens is 597 g/mol. The van der Waals surface area contributed by atoms with Gasteiger partial charge in [-0.2, -0.15) is 0 Å². The van der Waals surface area contributed by atoms with E-state index in [0.717, 1.165) is 9.13 Å². The van der Waals surface area contributed by atoms with Crippen molar-refractivity contribution in [3.05, 3.63) is 169 Å². The molecule has 0 N–H and O–H groups in total. The highest BCUT2D eigenvalue weighted by Crippen LogP contribution is 2.42. The van der Waals surface area contributed by atoms with Crippen molar-refractivity contribution < 1.29 is 37.0 Å². The van der Waals surface area contributed by atoms with Crippen LogP contribution >= 0.6 is 0 Å². The molecule has 7 aromatic carbocycles. The third-order valence-corrected chi connectivity index (χ3v) is 7.85. The van der Waals surface area contributed by atoms with E-state index >= 15 is 0 Å². The van der Waals surface area contributed by atoms with Gasteiger partial charge in [0.25, 0.3) is 0 Å². The van der Waals surface area contributed by atoms with Crippen LogP contribution in [0.15, 0.2) is 163 Å². The number of hydrogen-bond acceptors (Lipinski definition) is 2. The summed E-state index contributed by atoms with van der Waals surface area (Å²) in [5.74, 6) is -0.863. The van der Waals surface area contributed by atoms with Crippen LogP contribution < -0.4 is 0 Å².